The lowest BCUT2D eigenvalue weighted by molar-refractivity contribution is 0.114. The lowest BCUT2D eigenvalue weighted by atomic mass is 9.96. The van der Waals surface area contributed by atoms with E-state index in [2.05, 4.69) is 9.97 Å². The van der Waals surface area contributed by atoms with Crippen LogP contribution in [0.25, 0.3) is 0 Å². The summed E-state index contributed by atoms with van der Waals surface area (Å²) in [6, 6.07) is 0. The van der Waals surface area contributed by atoms with Crippen LogP contribution < -0.4 is 9.64 Å². The molecule has 0 amide bonds. The van der Waals surface area contributed by atoms with Crippen molar-refractivity contribution in [3.05, 3.63) is 12.4 Å². The SMILES string of the molecule is C[C@H]1CN(c2nccnc2OC2CCC2)CCS(=O)(=O)C1. The van der Waals surface area contributed by atoms with E-state index in [-0.39, 0.29) is 23.5 Å². The molecule has 1 saturated heterocycles. The lowest BCUT2D eigenvalue weighted by Gasteiger charge is -2.29. The largest absolute Gasteiger partial charge is 0.472 e. The second-order valence-electron chi connectivity index (χ2n) is 6.02. The van der Waals surface area contributed by atoms with Gasteiger partial charge in [-0.2, -0.15) is 0 Å². The molecule has 2 aliphatic rings. The highest BCUT2D eigenvalue weighted by Gasteiger charge is 2.28. The van der Waals surface area contributed by atoms with Crippen LogP contribution in [0.5, 0.6) is 5.88 Å². The molecule has 2 heterocycles. The van der Waals surface area contributed by atoms with Crippen LogP contribution in [-0.4, -0.2) is 49.1 Å². The summed E-state index contributed by atoms with van der Waals surface area (Å²) in [5.74, 6) is 1.69. The van der Waals surface area contributed by atoms with Crippen LogP contribution in [0.4, 0.5) is 5.82 Å². The van der Waals surface area contributed by atoms with Crippen molar-refractivity contribution in [2.24, 2.45) is 5.92 Å². The molecule has 116 valence electrons. The van der Waals surface area contributed by atoms with Gasteiger partial charge in [-0.15, -0.1) is 0 Å². The molecule has 1 aromatic heterocycles. The second-order valence-corrected chi connectivity index (χ2v) is 8.25. The van der Waals surface area contributed by atoms with Gasteiger partial charge in [-0.3, -0.25) is 0 Å². The van der Waals surface area contributed by atoms with Gasteiger partial charge in [0.2, 0.25) is 0 Å². The average Bonchev–Trinajstić information content (AvgIpc) is 2.52. The minimum Gasteiger partial charge on any atom is -0.472 e. The van der Waals surface area contributed by atoms with Crippen LogP contribution >= 0.6 is 0 Å². The molecule has 21 heavy (non-hydrogen) atoms. The van der Waals surface area contributed by atoms with Crippen molar-refractivity contribution in [3.8, 4) is 5.88 Å². The zero-order chi connectivity index (χ0) is 14.9. The summed E-state index contributed by atoms with van der Waals surface area (Å²) in [5, 5.41) is 0. The summed E-state index contributed by atoms with van der Waals surface area (Å²) in [5.41, 5.74) is 0. The third kappa shape index (κ3) is 3.45. The molecule has 6 nitrogen and oxygen atoms in total. The summed E-state index contributed by atoms with van der Waals surface area (Å²) in [6.45, 7) is 3.07. The van der Waals surface area contributed by atoms with E-state index < -0.39 is 9.84 Å². The molecule has 0 bridgehead atoms. The van der Waals surface area contributed by atoms with Crippen molar-refractivity contribution in [2.45, 2.75) is 32.3 Å². The predicted molar refractivity (Wildman–Crippen MR) is 80.3 cm³/mol. The maximum Gasteiger partial charge on any atom is 0.257 e. The highest BCUT2D eigenvalue weighted by molar-refractivity contribution is 7.91. The maximum atomic E-state index is 11.9. The number of anilines is 1. The highest BCUT2D eigenvalue weighted by atomic mass is 32.2. The topological polar surface area (TPSA) is 72.4 Å². The molecule has 1 aliphatic heterocycles. The molecule has 0 spiro atoms. The summed E-state index contributed by atoms with van der Waals surface area (Å²) < 4.78 is 29.7. The molecule has 0 radical (unpaired) electrons. The first-order valence-corrected chi connectivity index (χ1v) is 9.29. The number of hydrogen-bond donors (Lipinski definition) is 0. The van der Waals surface area contributed by atoms with Gasteiger partial charge in [-0.25, -0.2) is 18.4 Å². The van der Waals surface area contributed by atoms with Gasteiger partial charge in [0.05, 0.1) is 11.5 Å². The smallest absolute Gasteiger partial charge is 0.257 e. The van der Waals surface area contributed by atoms with E-state index in [9.17, 15) is 8.42 Å². The minimum atomic E-state index is -2.97. The molecule has 1 aromatic rings. The zero-order valence-corrected chi connectivity index (χ0v) is 13.1. The highest BCUT2D eigenvalue weighted by Crippen LogP contribution is 2.30. The third-order valence-electron chi connectivity index (χ3n) is 4.02. The number of sulfone groups is 1. The Hall–Kier alpha value is -1.37. The molecule has 7 heteroatoms. The van der Waals surface area contributed by atoms with Crippen molar-refractivity contribution in [3.63, 3.8) is 0 Å². The van der Waals surface area contributed by atoms with E-state index in [1.165, 1.54) is 6.42 Å². The van der Waals surface area contributed by atoms with E-state index in [1.54, 1.807) is 12.4 Å². The van der Waals surface area contributed by atoms with Gasteiger partial charge >= 0.3 is 0 Å². The van der Waals surface area contributed by atoms with Gasteiger partial charge in [0.25, 0.3) is 5.88 Å². The van der Waals surface area contributed by atoms with Crippen LogP contribution in [-0.2, 0) is 9.84 Å². The monoisotopic (exact) mass is 311 g/mol. The fourth-order valence-corrected chi connectivity index (χ4v) is 4.38. The zero-order valence-electron chi connectivity index (χ0n) is 12.2. The van der Waals surface area contributed by atoms with Crippen LogP contribution in [0, 0.1) is 5.92 Å². The molecule has 1 saturated carbocycles. The molecule has 0 unspecified atom stereocenters. The van der Waals surface area contributed by atoms with Crippen LogP contribution in [0.1, 0.15) is 26.2 Å². The van der Waals surface area contributed by atoms with Gasteiger partial charge in [0.1, 0.15) is 6.10 Å². The Balaban J connectivity index is 1.81. The van der Waals surface area contributed by atoms with E-state index >= 15 is 0 Å². The number of rotatable bonds is 3. The van der Waals surface area contributed by atoms with E-state index in [1.807, 2.05) is 11.8 Å². The van der Waals surface area contributed by atoms with Crippen molar-refractivity contribution in [1.29, 1.82) is 0 Å². The average molecular weight is 311 g/mol. The molecule has 0 N–H and O–H groups in total. The first-order chi connectivity index (χ1) is 10.0. The summed E-state index contributed by atoms with van der Waals surface area (Å²) in [4.78, 5) is 10.7. The number of ether oxygens (including phenoxy) is 1. The predicted octanol–water partition coefficient (Wildman–Crippen LogP) is 1.28. The number of hydrogen-bond acceptors (Lipinski definition) is 6. The normalized spacial score (nSPS) is 26.0. The molecule has 2 fully saturated rings. The van der Waals surface area contributed by atoms with Crippen LogP contribution in [0.2, 0.25) is 0 Å². The third-order valence-corrected chi connectivity index (χ3v) is 5.90. The van der Waals surface area contributed by atoms with E-state index in [0.29, 0.717) is 24.8 Å². The Morgan fingerprint density at radius 3 is 2.76 bits per heavy atom. The molecule has 3 rings (SSSR count). The second kappa shape index (κ2) is 5.79. The van der Waals surface area contributed by atoms with Gasteiger partial charge in [0.15, 0.2) is 15.7 Å². The quantitative estimate of drug-likeness (QED) is 0.837. The molecule has 1 atom stereocenters. The van der Waals surface area contributed by atoms with Crippen molar-refractivity contribution in [2.75, 3.05) is 29.5 Å². The molecule has 0 aromatic carbocycles. The van der Waals surface area contributed by atoms with Gasteiger partial charge in [-0.05, 0) is 25.2 Å². The van der Waals surface area contributed by atoms with Gasteiger partial charge in [-0.1, -0.05) is 6.92 Å². The van der Waals surface area contributed by atoms with Gasteiger partial charge in [0, 0.05) is 25.5 Å². The number of aromatic nitrogens is 2. The Kier molecular flexibility index (Phi) is 4.01. The lowest BCUT2D eigenvalue weighted by Crippen LogP contribution is -2.32. The summed E-state index contributed by atoms with van der Waals surface area (Å²) in [7, 11) is -2.97. The van der Waals surface area contributed by atoms with E-state index in [0.717, 1.165) is 12.8 Å². The van der Waals surface area contributed by atoms with Crippen molar-refractivity contribution in [1.82, 2.24) is 9.97 Å². The Morgan fingerprint density at radius 2 is 2.05 bits per heavy atom. The van der Waals surface area contributed by atoms with Crippen molar-refractivity contribution < 1.29 is 13.2 Å². The first kappa shape index (κ1) is 14.6. The Morgan fingerprint density at radius 1 is 1.29 bits per heavy atom. The molecule has 1 aliphatic carbocycles. The summed E-state index contributed by atoms with van der Waals surface area (Å²) >= 11 is 0. The van der Waals surface area contributed by atoms with E-state index in [4.69, 9.17) is 4.74 Å². The van der Waals surface area contributed by atoms with Crippen molar-refractivity contribution >= 4 is 15.7 Å². The minimum absolute atomic E-state index is 0.0797. The number of nitrogens with zero attached hydrogens (tertiary/aromatic N) is 3. The Labute approximate surface area is 125 Å². The van der Waals surface area contributed by atoms with Crippen LogP contribution in [0.15, 0.2) is 12.4 Å². The Bertz CT molecular complexity index is 601. The van der Waals surface area contributed by atoms with Crippen LogP contribution in [0.3, 0.4) is 0 Å². The summed E-state index contributed by atoms with van der Waals surface area (Å²) in [6.07, 6.45) is 6.79. The molecular weight excluding hydrogens is 290 g/mol. The first-order valence-electron chi connectivity index (χ1n) is 7.46. The standard InChI is InChI=1S/C14H21N3O3S/c1-11-9-17(7-8-21(18,19)10-11)13-14(16-6-5-15-13)20-12-3-2-4-12/h5-6,11-12H,2-4,7-10H2,1H3/t11-/m0/s1. The molecular formula is C14H21N3O3S. The fourth-order valence-electron chi connectivity index (χ4n) is 2.74. The fraction of sp³-hybridized carbons (Fsp3) is 0.714. The van der Waals surface area contributed by atoms with Gasteiger partial charge < -0.3 is 9.64 Å². The maximum absolute atomic E-state index is 11.9.